The highest BCUT2D eigenvalue weighted by molar-refractivity contribution is 5.82. The molecule has 1 fully saturated rings. The zero-order valence-electron chi connectivity index (χ0n) is 8.08. The third-order valence-electron chi connectivity index (χ3n) is 2.34. The number of ether oxygens (including phenoxy) is 1. The van der Waals surface area contributed by atoms with Crippen molar-refractivity contribution >= 4 is 5.97 Å². The number of hydrogen-bond donors (Lipinski definition) is 1. The Labute approximate surface area is 78.9 Å². The Balaban J connectivity index is 2.27. The second kappa shape index (κ2) is 4.90. The maximum Gasteiger partial charge on any atom is 0.332 e. The average Bonchev–Trinajstić information content (AvgIpc) is 1.97. The van der Waals surface area contributed by atoms with Crippen LogP contribution in [0.25, 0.3) is 0 Å². The van der Waals surface area contributed by atoms with Gasteiger partial charge in [-0.2, -0.15) is 0 Å². The van der Waals surface area contributed by atoms with Crippen molar-refractivity contribution < 1.29 is 9.53 Å². The van der Waals surface area contributed by atoms with Crippen LogP contribution in [0.3, 0.4) is 0 Å². The van der Waals surface area contributed by atoms with E-state index < -0.39 is 0 Å². The van der Waals surface area contributed by atoms with Gasteiger partial charge in [0, 0.05) is 11.8 Å². The normalized spacial score (nSPS) is 18.1. The average molecular weight is 183 g/mol. The van der Waals surface area contributed by atoms with E-state index in [1.807, 2.05) is 0 Å². The third kappa shape index (κ3) is 3.49. The van der Waals surface area contributed by atoms with Crippen LogP contribution in [0, 0.1) is 5.92 Å². The van der Waals surface area contributed by atoms with Crippen LogP contribution in [-0.4, -0.2) is 12.6 Å². The largest absolute Gasteiger partial charge is 0.463 e. The molecule has 3 nitrogen and oxygen atoms in total. The van der Waals surface area contributed by atoms with Gasteiger partial charge in [0.15, 0.2) is 0 Å². The minimum atomic E-state index is -0.320. The summed E-state index contributed by atoms with van der Waals surface area (Å²) >= 11 is 0. The highest BCUT2D eigenvalue weighted by Gasteiger charge is 2.18. The molecule has 0 aromatic heterocycles. The Bertz CT molecular complexity index is 207. The summed E-state index contributed by atoms with van der Waals surface area (Å²) in [6.07, 6.45) is 6.05. The fourth-order valence-electron chi connectivity index (χ4n) is 1.42. The van der Waals surface area contributed by atoms with E-state index in [4.69, 9.17) is 10.5 Å². The number of carbonyl (C=O) groups excluding carboxylic acids is 1. The summed E-state index contributed by atoms with van der Waals surface area (Å²) in [6, 6.07) is 0. The Morgan fingerprint density at radius 2 is 2.31 bits per heavy atom. The zero-order chi connectivity index (χ0) is 9.68. The lowest BCUT2D eigenvalue weighted by atomic mass is 9.82. The molecule has 0 aromatic carbocycles. The molecule has 1 rings (SSSR count). The first-order valence-corrected chi connectivity index (χ1v) is 4.85. The van der Waals surface area contributed by atoms with Gasteiger partial charge in [-0.25, -0.2) is 4.79 Å². The van der Waals surface area contributed by atoms with Crippen molar-refractivity contribution in [3.63, 3.8) is 0 Å². The number of hydrogen-bond acceptors (Lipinski definition) is 3. The van der Waals surface area contributed by atoms with Crippen molar-refractivity contribution in [1.82, 2.24) is 0 Å². The minimum absolute atomic E-state index is 0.320. The van der Waals surface area contributed by atoms with Crippen LogP contribution in [0.1, 0.15) is 32.6 Å². The molecule has 0 atom stereocenters. The van der Waals surface area contributed by atoms with Gasteiger partial charge in [0.05, 0.1) is 6.61 Å². The van der Waals surface area contributed by atoms with Crippen LogP contribution in [0.2, 0.25) is 0 Å². The molecule has 1 saturated carbocycles. The fraction of sp³-hybridized carbons (Fsp3) is 0.700. The molecule has 1 aliphatic rings. The number of carbonyl (C=O) groups is 1. The summed E-state index contributed by atoms with van der Waals surface area (Å²) in [5.74, 6) is 0.380. The van der Waals surface area contributed by atoms with E-state index in [-0.39, 0.29) is 5.97 Å². The third-order valence-corrected chi connectivity index (χ3v) is 2.34. The van der Waals surface area contributed by atoms with Crippen LogP contribution >= 0.6 is 0 Å². The standard InChI is InChI=1S/C10H17NO2/c1-2-13-10(12)7-9(11)6-8-4-3-5-8/h7-8H,2-6,11H2,1H3/b9-7-. The van der Waals surface area contributed by atoms with Gasteiger partial charge >= 0.3 is 5.97 Å². The van der Waals surface area contributed by atoms with Crippen molar-refractivity contribution in [2.45, 2.75) is 32.6 Å². The zero-order valence-corrected chi connectivity index (χ0v) is 8.08. The summed E-state index contributed by atoms with van der Waals surface area (Å²) in [7, 11) is 0. The lowest BCUT2D eigenvalue weighted by molar-refractivity contribution is -0.137. The molecular weight excluding hydrogens is 166 g/mol. The molecule has 0 spiro atoms. The molecule has 13 heavy (non-hydrogen) atoms. The van der Waals surface area contributed by atoms with Gasteiger partial charge in [0.2, 0.25) is 0 Å². The van der Waals surface area contributed by atoms with Crippen LogP contribution in [-0.2, 0) is 9.53 Å². The summed E-state index contributed by atoms with van der Waals surface area (Å²) < 4.78 is 4.75. The van der Waals surface area contributed by atoms with Crippen molar-refractivity contribution in [2.24, 2.45) is 11.7 Å². The van der Waals surface area contributed by atoms with Gasteiger partial charge in [-0.15, -0.1) is 0 Å². The predicted molar refractivity (Wildman–Crippen MR) is 50.9 cm³/mol. The first-order valence-electron chi connectivity index (χ1n) is 4.85. The van der Waals surface area contributed by atoms with Gasteiger partial charge < -0.3 is 10.5 Å². The van der Waals surface area contributed by atoms with Crippen molar-refractivity contribution in [1.29, 1.82) is 0 Å². The lowest BCUT2D eigenvalue weighted by Gasteiger charge is -2.25. The van der Waals surface area contributed by atoms with Gasteiger partial charge in [-0.1, -0.05) is 19.3 Å². The van der Waals surface area contributed by atoms with E-state index in [2.05, 4.69) is 0 Å². The van der Waals surface area contributed by atoms with Gasteiger partial charge in [-0.3, -0.25) is 0 Å². The van der Waals surface area contributed by atoms with Crippen molar-refractivity contribution in [2.75, 3.05) is 6.61 Å². The van der Waals surface area contributed by atoms with Crippen molar-refractivity contribution in [3.8, 4) is 0 Å². The maximum atomic E-state index is 11.0. The Morgan fingerprint density at radius 3 is 2.77 bits per heavy atom. The smallest absolute Gasteiger partial charge is 0.332 e. The first-order chi connectivity index (χ1) is 6.22. The Hall–Kier alpha value is -0.990. The Morgan fingerprint density at radius 1 is 1.62 bits per heavy atom. The van der Waals surface area contributed by atoms with Gasteiger partial charge in [0.1, 0.15) is 0 Å². The van der Waals surface area contributed by atoms with Crippen LogP contribution < -0.4 is 5.73 Å². The molecule has 0 bridgehead atoms. The Kier molecular flexibility index (Phi) is 3.80. The topological polar surface area (TPSA) is 52.3 Å². The molecule has 2 N–H and O–H groups in total. The fourth-order valence-corrected chi connectivity index (χ4v) is 1.42. The summed E-state index contributed by atoms with van der Waals surface area (Å²) in [4.78, 5) is 11.0. The second-order valence-corrected chi connectivity index (χ2v) is 3.47. The second-order valence-electron chi connectivity index (χ2n) is 3.47. The molecule has 0 aromatic rings. The summed E-state index contributed by atoms with van der Waals surface area (Å²) in [6.45, 7) is 2.19. The molecule has 0 unspecified atom stereocenters. The lowest BCUT2D eigenvalue weighted by Crippen LogP contribution is -2.15. The van der Waals surface area contributed by atoms with E-state index in [0.717, 1.165) is 6.42 Å². The molecule has 0 amide bonds. The molecule has 3 heteroatoms. The molecule has 74 valence electrons. The predicted octanol–water partition coefficient (Wildman–Crippen LogP) is 1.58. The maximum absolute atomic E-state index is 11.0. The van der Waals surface area contributed by atoms with Gasteiger partial charge in [0.25, 0.3) is 0 Å². The SMILES string of the molecule is CCOC(=O)/C=C(\N)CC1CCC1. The van der Waals surface area contributed by atoms with Crippen LogP contribution in [0.15, 0.2) is 11.8 Å². The molecular formula is C10H17NO2. The number of rotatable bonds is 4. The van der Waals surface area contributed by atoms with Gasteiger partial charge in [-0.05, 0) is 19.3 Å². The number of esters is 1. The van der Waals surface area contributed by atoms with E-state index >= 15 is 0 Å². The van der Waals surface area contributed by atoms with E-state index in [1.54, 1.807) is 6.92 Å². The number of allylic oxidation sites excluding steroid dienone is 1. The highest BCUT2D eigenvalue weighted by atomic mass is 16.5. The van der Waals surface area contributed by atoms with E-state index in [1.165, 1.54) is 25.3 Å². The first kappa shape index (κ1) is 10.1. The summed E-state index contributed by atoms with van der Waals surface area (Å²) in [5.41, 5.74) is 6.33. The molecule has 1 aliphatic carbocycles. The quantitative estimate of drug-likeness (QED) is 0.532. The molecule has 0 saturated heterocycles. The molecule has 0 aliphatic heterocycles. The monoisotopic (exact) mass is 183 g/mol. The number of nitrogens with two attached hydrogens (primary N) is 1. The highest BCUT2D eigenvalue weighted by Crippen LogP contribution is 2.30. The molecule has 0 heterocycles. The van der Waals surface area contributed by atoms with Crippen molar-refractivity contribution in [3.05, 3.63) is 11.8 Å². The molecule has 0 radical (unpaired) electrons. The van der Waals surface area contributed by atoms with E-state index in [9.17, 15) is 4.79 Å². The van der Waals surface area contributed by atoms with Crippen LogP contribution in [0.4, 0.5) is 0 Å². The van der Waals surface area contributed by atoms with E-state index in [0.29, 0.717) is 18.2 Å². The van der Waals surface area contributed by atoms with Crippen LogP contribution in [0.5, 0.6) is 0 Å². The summed E-state index contributed by atoms with van der Waals surface area (Å²) in [5, 5.41) is 0. The minimum Gasteiger partial charge on any atom is -0.463 e.